The van der Waals surface area contributed by atoms with Gasteiger partial charge in [0.1, 0.15) is 0 Å². The Labute approximate surface area is 143 Å². The Balaban J connectivity index is 1.65. The number of hydrogen-bond donors (Lipinski definition) is 1. The smallest absolute Gasteiger partial charge is 0.335 e. The second-order valence-corrected chi connectivity index (χ2v) is 6.56. The quantitative estimate of drug-likeness (QED) is 0.918. The fourth-order valence-electron chi connectivity index (χ4n) is 3.32. The van der Waals surface area contributed by atoms with Gasteiger partial charge in [0, 0.05) is 32.2 Å². The van der Waals surface area contributed by atoms with Crippen LogP contribution in [0.3, 0.4) is 0 Å². The van der Waals surface area contributed by atoms with E-state index in [1.165, 1.54) is 5.56 Å². The Morgan fingerprint density at radius 2 is 1.83 bits per heavy atom. The largest absolute Gasteiger partial charge is 0.478 e. The molecule has 1 aliphatic rings. The van der Waals surface area contributed by atoms with Gasteiger partial charge in [0.2, 0.25) is 0 Å². The minimum atomic E-state index is -0.864. The molecule has 4 heteroatoms. The summed E-state index contributed by atoms with van der Waals surface area (Å²) >= 11 is 0. The number of aromatic carboxylic acids is 1. The molecule has 2 aromatic rings. The summed E-state index contributed by atoms with van der Waals surface area (Å²) in [5, 5.41) is 9.14. The second kappa shape index (κ2) is 7.60. The normalized spacial score (nSPS) is 19.3. The number of hydrogen-bond acceptors (Lipinski definition) is 3. The molecule has 0 spiro atoms. The molecular weight excluding hydrogens is 300 g/mol. The first-order valence-corrected chi connectivity index (χ1v) is 8.40. The van der Waals surface area contributed by atoms with Crippen molar-refractivity contribution in [3.05, 3.63) is 71.3 Å². The van der Waals surface area contributed by atoms with Crippen LogP contribution in [0.1, 0.15) is 21.5 Å². The molecule has 2 aromatic carbocycles. The maximum atomic E-state index is 11.1. The van der Waals surface area contributed by atoms with Crippen LogP contribution in [0.25, 0.3) is 0 Å². The van der Waals surface area contributed by atoms with Gasteiger partial charge in [-0.3, -0.25) is 4.90 Å². The van der Waals surface area contributed by atoms with Crippen LogP contribution >= 0.6 is 0 Å². The molecule has 24 heavy (non-hydrogen) atoms. The van der Waals surface area contributed by atoms with Crippen LogP contribution in [0.5, 0.6) is 0 Å². The molecule has 3 rings (SSSR count). The summed E-state index contributed by atoms with van der Waals surface area (Å²) in [5.74, 6) is -0.864. The molecule has 4 nitrogen and oxygen atoms in total. The van der Waals surface area contributed by atoms with E-state index in [2.05, 4.69) is 47.2 Å². The number of likely N-dealkylation sites (N-methyl/N-ethyl adjacent to an activating group) is 1. The third-order valence-electron chi connectivity index (χ3n) is 4.76. The van der Waals surface area contributed by atoms with Crippen molar-refractivity contribution in [2.75, 3.05) is 26.7 Å². The van der Waals surface area contributed by atoms with E-state index in [0.717, 1.165) is 38.2 Å². The summed E-state index contributed by atoms with van der Waals surface area (Å²) in [6.07, 6.45) is 1.04. The molecule has 0 saturated carbocycles. The summed E-state index contributed by atoms with van der Waals surface area (Å²) in [7, 11) is 2.19. The zero-order valence-electron chi connectivity index (χ0n) is 14.1. The van der Waals surface area contributed by atoms with E-state index in [1.807, 2.05) is 12.1 Å². The molecule has 1 aliphatic heterocycles. The molecule has 1 unspecified atom stereocenters. The summed E-state index contributed by atoms with van der Waals surface area (Å²) in [6.45, 7) is 3.86. The van der Waals surface area contributed by atoms with Crippen LogP contribution in [-0.2, 0) is 13.0 Å². The Kier molecular flexibility index (Phi) is 5.28. The van der Waals surface area contributed by atoms with Gasteiger partial charge in [-0.1, -0.05) is 42.5 Å². The van der Waals surface area contributed by atoms with Crippen molar-refractivity contribution < 1.29 is 9.90 Å². The number of nitrogens with zero attached hydrogens (tertiary/aromatic N) is 2. The van der Waals surface area contributed by atoms with Crippen LogP contribution in [0.4, 0.5) is 0 Å². The molecule has 0 aliphatic carbocycles. The first-order chi connectivity index (χ1) is 11.6. The van der Waals surface area contributed by atoms with Gasteiger partial charge in [-0.15, -0.1) is 0 Å². The van der Waals surface area contributed by atoms with Gasteiger partial charge < -0.3 is 10.0 Å². The lowest BCUT2D eigenvalue weighted by atomic mass is 10.0. The van der Waals surface area contributed by atoms with Gasteiger partial charge in [-0.05, 0) is 36.7 Å². The van der Waals surface area contributed by atoms with Gasteiger partial charge >= 0.3 is 5.97 Å². The number of carbonyl (C=O) groups is 1. The fraction of sp³-hybridized carbons (Fsp3) is 0.350. The van der Waals surface area contributed by atoms with E-state index >= 15 is 0 Å². The minimum absolute atomic E-state index is 0.363. The van der Waals surface area contributed by atoms with E-state index in [4.69, 9.17) is 5.11 Å². The van der Waals surface area contributed by atoms with E-state index in [-0.39, 0.29) is 0 Å². The Morgan fingerprint density at radius 1 is 1.08 bits per heavy atom. The maximum Gasteiger partial charge on any atom is 0.335 e. The third kappa shape index (κ3) is 4.22. The Hall–Kier alpha value is -2.17. The van der Waals surface area contributed by atoms with E-state index < -0.39 is 5.97 Å². The first kappa shape index (κ1) is 16.7. The summed E-state index contributed by atoms with van der Waals surface area (Å²) < 4.78 is 0. The van der Waals surface area contributed by atoms with E-state index in [9.17, 15) is 4.79 Å². The van der Waals surface area contributed by atoms with E-state index in [1.54, 1.807) is 12.1 Å². The number of carboxylic acid groups (broad SMARTS) is 1. The van der Waals surface area contributed by atoms with Crippen LogP contribution < -0.4 is 0 Å². The van der Waals surface area contributed by atoms with Crippen molar-refractivity contribution in [3.63, 3.8) is 0 Å². The molecule has 126 valence electrons. The molecule has 0 aromatic heterocycles. The maximum absolute atomic E-state index is 11.1. The van der Waals surface area contributed by atoms with Gasteiger partial charge in [0.25, 0.3) is 0 Å². The molecule has 0 amide bonds. The van der Waals surface area contributed by atoms with Crippen LogP contribution in [-0.4, -0.2) is 53.6 Å². The predicted molar refractivity (Wildman–Crippen MR) is 95.2 cm³/mol. The zero-order valence-corrected chi connectivity index (χ0v) is 14.1. The Morgan fingerprint density at radius 3 is 2.58 bits per heavy atom. The predicted octanol–water partition coefficient (Wildman–Crippen LogP) is 2.74. The van der Waals surface area contributed by atoms with E-state index in [0.29, 0.717) is 11.6 Å². The molecule has 0 bridgehead atoms. The van der Waals surface area contributed by atoms with Crippen LogP contribution in [0.15, 0.2) is 54.6 Å². The molecule has 0 radical (unpaired) electrons. The lowest BCUT2D eigenvalue weighted by Gasteiger charge is -2.39. The van der Waals surface area contributed by atoms with Crippen molar-refractivity contribution in [3.8, 4) is 0 Å². The summed E-state index contributed by atoms with van der Waals surface area (Å²) in [4.78, 5) is 16.0. The standard InChI is InChI=1S/C20H24N2O2/c1-21-10-11-22(14-17-8-5-9-18(12-17)20(23)24)15-19(21)13-16-6-3-2-4-7-16/h2-9,12,19H,10-11,13-15H2,1H3,(H,23,24). The second-order valence-electron chi connectivity index (χ2n) is 6.56. The van der Waals surface area contributed by atoms with Gasteiger partial charge in [-0.25, -0.2) is 4.79 Å². The molecular formula is C20H24N2O2. The highest BCUT2D eigenvalue weighted by Gasteiger charge is 2.24. The molecule has 1 heterocycles. The van der Waals surface area contributed by atoms with Crippen molar-refractivity contribution in [2.45, 2.75) is 19.0 Å². The average Bonchev–Trinajstić information content (AvgIpc) is 2.59. The number of piperazine rings is 1. The molecule has 1 N–H and O–H groups in total. The Bertz CT molecular complexity index is 687. The highest BCUT2D eigenvalue weighted by molar-refractivity contribution is 5.87. The van der Waals surface area contributed by atoms with Gasteiger partial charge in [0.05, 0.1) is 5.56 Å². The lowest BCUT2D eigenvalue weighted by molar-refractivity contribution is 0.0696. The number of carboxylic acids is 1. The minimum Gasteiger partial charge on any atom is -0.478 e. The van der Waals surface area contributed by atoms with Gasteiger partial charge in [-0.2, -0.15) is 0 Å². The topological polar surface area (TPSA) is 43.8 Å². The van der Waals surface area contributed by atoms with Crippen molar-refractivity contribution >= 4 is 5.97 Å². The third-order valence-corrected chi connectivity index (χ3v) is 4.76. The summed E-state index contributed by atoms with van der Waals surface area (Å²) in [5.41, 5.74) is 2.80. The average molecular weight is 324 g/mol. The highest BCUT2D eigenvalue weighted by atomic mass is 16.4. The molecule has 1 atom stereocenters. The highest BCUT2D eigenvalue weighted by Crippen LogP contribution is 2.16. The monoisotopic (exact) mass is 324 g/mol. The van der Waals surface area contributed by atoms with Crippen LogP contribution in [0.2, 0.25) is 0 Å². The number of benzene rings is 2. The fourth-order valence-corrected chi connectivity index (χ4v) is 3.32. The first-order valence-electron chi connectivity index (χ1n) is 8.40. The van der Waals surface area contributed by atoms with Crippen LogP contribution in [0, 0.1) is 0 Å². The zero-order chi connectivity index (χ0) is 16.9. The van der Waals surface area contributed by atoms with Gasteiger partial charge in [0.15, 0.2) is 0 Å². The SMILES string of the molecule is CN1CCN(Cc2cccc(C(=O)O)c2)CC1Cc1ccccc1. The molecule has 1 fully saturated rings. The lowest BCUT2D eigenvalue weighted by Crippen LogP contribution is -2.51. The van der Waals surface area contributed by atoms with Crippen molar-refractivity contribution in [2.24, 2.45) is 0 Å². The molecule has 1 saturated heterocycles. The van der Waals surface area contributed by atoms with Crippen molar-refractivity contribution in [1.82, 2.24) is 9.80 Å². The number of rotatable bonds is 5. The van der Waals surface area contributed by atoms with Crippen molar-refractivity contribution in [1.29, 1.82) is 0 Å². The summed E-state index contributed by atoms with van der Waals surface area (Å²) in [6, 6.07) is 18.4.